The van der Waals surface area contributed by atoms with Gasteiger partial charge in [0.15, 0.2) is 0 Å². The topological polar surface area (TPSA) is 114 Å². The van der Waals surface area contributed by atoms with E-state index in [0.717, 1.165) is 22.6 Å². The van der Waals surface area contributed by atoms with Crippen LogP contribution in [0.25, 0.3) is 11.0 Å². The molecule has 0 unspecified atom stereocenters. The molecule has 208 valence electrons. The van der Waals surface area contributed by atoms with E-state index >= 15 is 0 Å². The molecule has 1 fully saturated rings. The van der Waals surface area contributed by atoms with Gasteiger partial charge in [-0.1, -0.05) is 24.3 Å². The van der Waals surface area contributed by atoms with Gasteiger partial charge in [0.2, 0.25) is 5.91 Å². The van der Waals surface area contributed by atoms with Crippen LogP contribution in [0.4, 0.5) is 5.69 Å². The van der Waals surface area contributed by atoms with E-state index in [1.54, 1.807) is 30.9 Å². The van der Waals surface area contributed by atoms with Crippen LogP contribution in [0.2, 0.25) is 0 Å². The quantitative estimate of drug-likeness (QED) is 0.291. The molecule has 0 bridgehead atoms. The number of hydrogen-bond donors (Lipinski definition) is 3. The first-order chi connectivity index (χ1) is 19.4. The predicted molar refractivity (Wildman–Crippen MR) is 154 cm³/mol. The molecule has 0 radical (unpaired) electrons. The summed E-state index contributed by atoms with van der Waals surface area (Å²) in [5, 5.41) is 5.95. The number of hydrogen-bond acceptors (Lipinski definition) is 5. The minimum Gasteiger partial charge on any atom is -0.497 e. The Kier molecular flexibility index (Phi) is 7.91. The van der Waals surface area contributed by atoms with Crippen molar-refractivity contribution >= 4 is 28.5 Å². The first-order valence-electron chi connectivity index (χ1n) is 13.5. The summed E-state index contributed by atoms with van der Waals surface area (Å²) >= 11 is 0. The van der Waals surface area contributed by atoms with Crippen LogP contribution < -0.4 is 25.8 Å². The van der Waals surface area contributed by atoms with Gasteiger partial charge in [-0.25, -0.2) is 4.79 Å². The summed E-state index contributed by atoms with van der Waals surface area (Å²) in [6.07, 6.45) is 2.72. The molecule has 5 rings (SSSR count). The lowest BCUT2D eigenvalue weighted by atomic mass is 9.85. The molecule has 1 aliphatic carbocycles. The predicted octanol–water partition coefficient (Wildman–Crippen LogP) is 4.96. The SMILES string of the molecule is COc1ccc(CNC(=O)c2cccc3c2[nH]c(=O)n3C2CCC(C(=O)Nc3ccc(C)c(OC)c3)CC2)cc1. The van der Waals surface area contributed by atoms with Crippen molar-refractivity contribution in [3.8, 4) is 11.5 Å². The molecule has 0 aliphatic heterocycles. The second-order valence-corrected chi connectivity index (χ2v) is 10.2. The fraction of sp³-hybridized carbons (Fsp3) is 0.323. The Morgan fingerprint density at radius 1 is 0.975 bits per heavy atom. The molecule has 1 saturated carbocycles. The molecule has 9 nitrogen and oxygen atoms in total. The maximum Gasteiger partial charge on any atom is 0.326 e. The van der Waals surface area contributed by atoms with Crippen molar-refractivity contribution in [2.75, 3.05) is 19.5 Å². The zero-order valence-corrected chi connectivity index (χ0v) is 23.0. The van der Waals surface area contributed by atoms with Crippen molar-refractivity contribution in [3.63, 3.8) is 0 Å². The first-order valence-corrected chi connectivity index (χ1v) is 13.5. The molecule has 4 aromatic rings. The number of amides is 2. The van der Waals surface area contributed by atoms with E-state index in [4.69, 9.17) is 9.47 Å². The van der Waals surface area contributed by atoms with E-state index in [1.165, 1.54) is 0 Å². The fourth-order valence-electron chi connectivity index (χ4n) is 5.46. The summed E-state index contributed by atoms with van der Waals surface area (Å²) in [4.78, 5) is 42.0. The lowest BCUT2D eigenvalue weighted by Gasteiger charge is -2.28. The second kappa shape index (κ2) is 11.7. The Morgan fingerprint density at radius 3 is 2.42 bits per heavy atom. The van der Waals surface area contributed by atoms with E-state index in [0.29, 0.717) is 54.5 Å². The third-order valence-corrected chi connectivity index (χ3v) is 7.72. The number of carbonyl (C=O) groups excluding carboxylic acids is 2. The molecule has 2 amide bonds. The van der Waals surface area contributed by atoms with Gasteiger partial charge >= 0.3 is 5.69 Å². The van der Waals surface area contributed by atoms with Crippen molar-refractivity contribution in [1.29, 1.82) is 0 Å². The molecule has 3 N–H and O–H groups in total. The third-order valence-electron chi connectivity index (χ3n) is 7.72. The number of carbonyl (C=O) groups is 2. The molecular weight excluding hydrogens is 508 g/mol. The molecular formula is C31H34N4O5. The number of para-hydroxylation sites is 1. The molecule has 1 aromatic heterocycles. The Hall–Kier alpha value is -4.53. The zero-order chi connectivity index (χ0) is 28.2. The zero-order valence-electron chi connectivity index (χ0n) is 23.0. The van der Waals surface area contributed by atoms with Gasteiger partial charge in [0.05, 0.1) is 30.8 Å². The Balaban J connectivity index is 1.25. The molecule has 1 aliphatic rings. The van der Waals surface area contributed by atoms with Crippen LogP contribution >= 0.6 is 0 Å². The van der Waals surface area contributed by atoms with Gasteiger partial charge < -0.3 is 25.1 Å². The van der Waals surface area contributed by atoms with Crippen LogP contribution in [0.15, 0.2) is 65.5 Å². The maximum absolute atomic E-state index is 13.1. The minimum atomic E-state index is -0.261. The molecule has 9 heteroatoms. The standard InChI is InChI=1S/C31H34N4O5/c1-19-7-12-22(17-27(19)40-3)33-29(36)21-10-13-23(14-11-21)35-26-6-4-5-25(28(26)34-31(35)38)30(37)32-18-20-8-15-24(39-2)16-9-20/h4-9,12,15-17,21,23H,10-11,13-14,18H2,1-3H3,(H,32,37)(H,33,36)(H,34,38). The molecule has 3 aromatic carbocycles. The molecule has 1 heterocycles. The highest BCUT2D eigenvalue weighted by Gasteiger charge is 2.29. The molecule has 0 saturated heterocycles. The number of aromatic amines is 1. The summed E-state index contributed by atoms with van der Waals surface area (Å²) in [6, 6.07) is 18.4. The van der Waals surface area contributed by atoms with E-state index in [1.807, 2.05) is 55.5 Å². The molecule has 40 heavy (non-hydrogen) atoms. The number of imidazole rings is 1. The molecule has 0 atom stereocenters. The largest absolute Gasteiger partial charge is 0.497 e. The Morgan fingerprint density at radius 2 is 1.73 bits per heavy atom. The number of aromatic nitrogens is 2. The Bertz CT molecular complexity index is 1580. The van der Waals surface area contributed by atoms with Crippen LogP contribution in [0.5, 0.6) is 11.5 Å². The number of nitrogens with zero attached hydrogens (tertiary/aromatic N) is 1. The summed E-state index contributed by atoms with van der Waals surface area (Å²) in [5.74, 6) is 1.06. The number of H-pyrrole nitrogens is 1. The highest BCUT2D eigenvalue weighted by molar-refractivity contribution is 6.04. The highest BCUT2D eigenvalue weighted by atomic mass is 16.5. The highest BCUT2D eigenvalue weighted by Crippen LogP contribution is 2.34. The van der Waals surface area contributed by atoms with Crippen molar-refractivity contribution in [2.45, 2.75) is 45.2 Å². The number of nitrogens with one attached hydrogen (secondary N) is 3. The number of fused-ring (bicyclic) bond motifs is 1. The van der Waals surface area contributed by atoms with E-state index in [2.05, 4.69) is 15.6 Å². The van der Waals surface area contributed by atoms with E-state index in [9.17, 15) is 14.4 Å². The summed E-state index contributed by atoms with van der Waals surface area (Å²) in [6.45, 7) is 2.31. The first kappa shape index (κ1) is 27.1. The van der Waals surface area contributed by atoms with Gasteiger partial charge in [0.25, 0.3) is 5.91 Å². The van der Waals surface area contributed by atoms with E-state index < -0.39 is 0 Å². The van der Waals surface area contributed by atoms with Crippen LogP contribution in [-0.2, 0) is 11.3 Å². The average molecular weight is 543 g/mol. The number of rotatable bonds is 8. The van der Waals surface area contributed by atoms with E-state index in [-0.39, 0.29) is 29.5 Å². The average Bonchev–Trinajstić information content (AvgIpc) is 3.32. The lowest BCUT2D eigenvalue weighted by Crippen LogP contribution is -2.31. The van der Waals surface area contributed by atoms with Crippen LogP contribution in [0.3, 0.4) is 0 Å². The van der Waals surface area contributed by atoms with Crippen molar-refractivity contribution in [1.82, 2.24) is 14.9 Å². The van der Waals surface area contributed by atoms with Crippen LogP contribution in [-0.4, -0.2) is 35.6 Å². The Labute approximate surface area is 232 Å². The van der Waals surface area contributed by atoms with Crippen molar-refractivity contribution in [2.24, 2.45) is 5.92 Å². The van der Waals surface area contributed by atoms with Gasteiger partial charge in [-0.3, -0.25) is 14.2 Å². The minimum absolute atomic E-state index is 0.0218. The van der Waals surface area contributed by atoms with Gasteiger partial charge in [-0.05, 0) is 74.1 Å². The van der Waals surface area contributed by atoms with Crippen molar-refractivity contribution < 1.29 is 19.1 Å². The molecule has 0 spiro atoms. The lowest BCUT2D eigenvalue weighted by molar-refractivity contribution is -0.121. The second-order valence-electron chi connectivity index (χ2n) is 10.2. The van der Waals surface area contributed by atoms with Crippen LogP contribution in [0, 0.1) is 12.8 Å². The van der Waals surface area contributed by atoms with Crippen LogP contribution in [0.1, 0.15) is 53.2 Å². The van der Waals surface area contributed by atoms with Gasteiger partial charge in [0, 0.05) is 30.3 Å². The summed E-state index contributed by atoms with van der Waals surface area (Å²) in [5.41, 5.74) is 4.04. The number of aryl methyl sites for hydroxylation is 1. The number of methoxy groups -OCH3 is 2. The normalized spacial score (nSPS) is 16.9. The van der Waals surface area contributed by atoms with Crippen molar-refractivity contribution in [3.05, 3.63) is 87.8 Å². The smallest absolute Gasteiger partial charge is 0.326 e. The monoisotopic (exact) mass is 542 g/mol. The number of benzene rings is 3. The van der Waals surface area contributed by atoms with Gasteiger partial charge in [0.1, 0.15) is 11.5 Å². The van der Waals surface area contributed by atoms with Gasteiger partial charge in [-0.2, -0.15) is 0 Å². The number of ether oxygens (including phenoxy) is 2. The third kappa shape index (κ3) is 5.59. The maximum atomic E-state index is 13.1. The van der Waals surface area contributed by atoms with Gasteiger partial charge in [-0.15, -0.1) is 0 Å². The number of anilines is 1. The summed E-state index contributed by atoms with van der Waals surface area (Å²) in [7, 11) is 3.22. The summed E-state index contributed by atoms with van der Waals surface area (Å²) < 4.78 is 12.3. The fourth-order valence-corrected chi connectivity index (χ4v) is 5.46.